The van der Waals surface area contributed by atoms with Crippen molar-refractivity contribution in [2.45, 2.75) is 283 Å². The van der Waals surface area contributed by atoms with E-state index < -0.39 is 24.3 Å². The van der Waals surface area contributed by atoms with Crippen LogP contribution in [0.1, 0.15) is 271 Å². The molecule has 0 aliphatic heterocycles. The fourth-order valence-corrected chi connectivity index (χ4v) is 8.52. The standard InChI is InChI=1S/C64H115NO8/c1-6-8-10-12-14-16-18-20-22-24-25-26-27-28-29-30-31-32-33-34-35-36-37-39-41-43-45-47-49-51-53-55-62(67)73-60(59-72-64(63(68)69)70-57-56-65(3,4)5)58-71-61(66)54-52-50-48-46-44-42-40-38-23-21-19-17-15-13-11-9-7-2/h15,17-18,20-21,23-25,27-28,60,64H,6-14,16,19,22,26,29-59H2,1-5H3/b17-15-,20-18-,23-21-,25-24-,28-27-. The Morgan fingerprint density at radius 2 is 0.740 bits per heavy atom. The topological polar surface area (TPSA) is 111 Å². The van der Waals surface area contributed by atoms with Crippen molar-refractivity contribution in [2.24, 2.45) is 0 Å². The summed E-state index contributed by atoms with van der Waals surface area (Å²) in [5, 5.41) is 11.8. The summed E-state index contributed by atoms with van der Waals surface area (Å²) in [5.74, 6) is -2.29. The molecular weight excluding hydrogens is 911 g/mol. The molecule has 9 heteroatoms. The average molecular weight is 1030 g/mol. The summed E-state index contributed by atoms with van der Waals surface area (Å²) in [6.45, 7) is 4.72. The summed E-state index contributed by atoms with van der Waals surface area (Å²) in [6, 6.07) is 0. The number of carbonyl (C=O) groups excluding carboxylic acids is 3. The van der Waals surface area contributed by atoms with Crippen LogP contribution in [0.15, 0.2) is 60.8 Å². The monoisotopic (exact) mass is 1030 g/mol. The van der Waals surface area contributed by atoms with E-state index in [-0.39, 0.29) is 38.6 Å². The van der Waals surface area contributed by atoms with Gasteiger partial charge in [0.2, 0.25) is 0 Å². The Balaban J connectivity index is 4.15. The van der Waals surface area contributed by atoms with Crippen LogP contribution in [0.3, 0.4) is 0 Å². The molecule has 2 unspecified atom stereocenters. The molecular formula is C64H115NO8. The summed E-state index contributed by atoms with van der Waals surface area (Å²) >= 11 is 0. The van der Waals surface area contributed by atoms with E-state index >= 15 is 0 Å². The molecule has 0 radical (unpaired) electrons. The van der Waals surface area contributed by atoms with E-state index in [0.29, 0.717) is 17.4 Å². The Hall–Kier alpha value is -3.01. The number of hydrogen-bond acceptors (Lipinski definition) is 8. The number of unbranched alkanes of at least 4 members (excludes halogenated alkanes) is 31. The highest BCUT2D eigenvalue weighted by Crippen LogP contribution is 2.16. The Morgan fingerprint density at radius 1 is 0.411 bits per heavy atom. The van der Waals surface area contributed by atoms with Gasteiger partial charge in [-0.1, -0.05) is 235 Å². The number of quaternary nitrogens is 1. The Bertz CT molecular complexity index is 1380. The zero-order valence-corrected chi connectivity index (χ0v) is 48.3. The fourth-order valence-electron chi connectivity index (χ4n) is 8.52. The molecule has 0 aliphatic rings. The molecule has 0 saturated carbocycles. The van der Waals surface area contributed by atoms with E-state index in [9.17, 15) is 19.5 Å². The average Bonchev–Trinajstić information content (AvgIpc) is 3.36. The lowest BCUT2D eigenvalue weighted by molar-refractivity contribution is -0.870. The van der Waals surface area contributed by atoms with Gasteiger partial charge < -0.3 is 33.3 Å². The molecule has 0 aromatic carbocycles. The van der Waals surface area contributed by atoms with Crippen LogP contribution in [-0.4, -0.2) is 82.3 Å². The van der Waals surface area contributed by atoms with Crippen molar-refractivity contribution in [2.75, 3.05) is 47.5 Å². The van der Waals surface area contributed by atoms with Crippen LogP contribution >= 0.6 is 0 Å². The minimum atomic E-state index is -1.62. The number of hydrogen-bond donors (Lipinski definition) is 0. The molecule has 0 N–H and O–H groups in total. The number of allylic oxidation sites excluding steroid dienone is 10. The normalized spacial score (nSPS) is 13.2. The van der Waals surface area contributed by atoms with E-state index in [1.807, 2.05) is 21.1 Å². The molecule has 0 spiro atoms. The minimum absolute atomic E-state index is 0.146. The van der Waals surface area contributed by atoms with Crippen molar-refractivity contribution >= 4 is 17.9 Å². The molecule has 0 rings (SSSR count). The zero-order valence-electron chi connectivity index (χ0n) is 48.3. The van der Waals surface area contributed by atoms with Gasteiger partial charge in [0.05, 0.1) is 40.3 Å². The second-order valence-electron chi connectivity index (χ2n) is 21.6. The van der Waals surface area contributed by atoms with Crippen LogP contribution < -0.4 is 5.11 Å². The lowest BCUT2D eigenvalue weighted by atomic mass is 10.0. The van der Waals surface area contributed by atoms with Gasteiger partial charge in [-0.2, -0.15) is 0 Å². The van der Waals surface area contributed by atoms with Crippen LogP contribution in [0.5, 0.6) is 0 Å². The number of aliphatic carboxylic acids is 1. The SMILES string of the molecule is CCCCC/C=C\C/C=C\CCCCCCCCCC(=O)OCC(COC(OCC[N+](C)(C)C)C(=O)[O-])OC(=O)CCCCCCCCCCCCCCCCCC/C=C\C/C=C\C/C=C\CCCCCCC. The second kappa shape index (κ2) is 55.2. The molecule has 0 heterocycles. The summed E-state index contributed by atoms with van der Waals surface area (Å²) in [5.41, 5.74) is 0. The summed E-state index contributed by atoms with van der Waals surface area (Å²) < 4.78 is 22.7. The van der Waals surface area contributed by atoms with Crippen LogP contribution in [0, 0.1) is 0 Å². The van der Waals surface area contributed by atoms with Crippen molar-refractivity contribution in [3.63, 3.8) is 0 Å². The van der Waals surface area contributed by atoms with E-state index in [1.54, 1.807) is 0 Å². The molecule has 0 fully saturated rings. The van der Waals surface area contributed by atoms with Crippen molar-refractivity contribution in [1.82, 2.24) is 0 Å². The van der Waals surface area contributed by atoms with Crippen LogP contribution in [0.2, 0.25) is 0 Å². The number of likely N-dealkylation sites (N-methyl/N-ethyl adjacent to an activating group) is 1. The minimum Gasteiger partial charge on any atom is -0.545 e. The van der Waals surface area contributed by atoms with Crippen molar-refractivity contribution < 1.29 is 42.9 Å². The number of carboxylic acid groups (broad SMARTS) is 1. The molecule has 424 valence electrons. The maximum Gasteiger partial charge on any atom is 0.306 e. The van der Waals surface area contributed by atoms with Gasteiger partial charge in [0, 0.05) is 12.8 Å². The van der Waals surface area contributed by atoms with Gasteiger partial charge in [0.15, 0.2) is 12.4 Å². The van der Waals surface area contributed by atoms with E-state index in [1.165, 1.54) is 173 Å². The number of esters is 2. The van der Waals surface area contributed by atoms with Crippen molar-refractivity contribution in [3.8, 4) is 0 Å². The van der Waals surface area contributed by atoms with Crippen LogP contribution in [-0.2, 0) is 33.3 Å². The molecule has 2 atom stereocenters. The smallest absolute Gasteiger partial charge is 0.306 e. The molecule has 0 saturated heterocycles. The van der Waals surface area contributed by atoms with Gasteiger partial charge >= 0.3 is 11.9 Å². The van der Waals surface area contributed by atoms with Crippen molar-refractivity contribution in [1.29, 1.82) is 0 Å². The third-order valence-electron chi connectivity index (χ3n) is 13.2. The molecule has 0 aromatic heterocycles. The predicted molar refractivity (Wildman–Crippen MR) is 306 cm³/mol. The third-order valence-corrected chi connectivity index (χ3v) is 13.2. The first-order chi connectivity index (χ1) is 35.6. The molecule has 0 bridgehead atoms. The maximum absolute atomic E-state index is 12.9. The molecule has 73 heavy (non-hydrogen) atoms. The lowest BCUT2D eigenvalue weighted by Crippen LogP contribution is -2.44. The fraction of sp³-hybridized carbons (Fsp3) is 0.797. The predicted octanol–water partition coefficient (Wildman–Crippen LogP) is 16.7. The largest absolute Gasteiger partial charge is 0.545 e. The summed E-state index contributed by atoms with van der Waals surface area (Å²) in [7, 11) is 5.92. The van der Waals surface area contributed by atoms with E-state index in [0.717, 1.165) is 64.2 Å². The molecule has 0 amide bonds. The number of carbonyl (C=O) groups is 3. The number of ether oxygens (including phenoxy) is 4. The highest BCUT2D eigenvalue weighted by molar-refractivity contribution is 5.70. The van der Waals surface area contributed by atoms with Gasteiger partial charge in [-0.3, -0.25) is 9.59 Å². The highest BCUT2D eigenvalue weighted by atomic mass is 16.7. The van der Waals surface area contributed by atoms with E-state index in [4.69, 9.17) is 18.9 Å². The van der Waals surface area contributed by atoms with E-state index in [2.05, 4.69) is 74.6 Å². The van der Waals surface area contributed by atoms with Gasteiger partial charge in [-0.15, -0.1) is 0 Å². The van der Waals surface area contributed by atoms with Gasteiger partial charge in [-0.25, -0.2) is 0 Å². The number of nitrogens with zero attached hydrogens (tertiary/aromatic N) is 1. The second-order valence-corrected chi connectivity index (χ2v) is 21.6. The van der Waals surface area contributed by atoms with Gasteiger partial charge in [-0.05, 0) is 83.5 Å². The van der Waals surface area contributed by atoms with Crippen molar-refractivity contribution in [3.05, 3.63) is 60.8 Å². The quantitative estimate of drug-likeness (QED) is 0.0195. The first kappa shape index (κ1) is 70.0. The van der Waals surface area contributed by atoms with Gasteiger partial charge in [0.25, 0.3) is 0 Å². The van der Waals surface area contributed by atoms with Crippen LogP contribution in [0.4, 0.5) is 0 Å². The first-order valence-electron chi connectivity index (χ1n) is 30.4. The maximum atomic E-state index is 12.9. The molecule has 0 aromatic rings. The van der Waals surface area contributed by atoms with Gasteiger partial charge in [0.1, 0.15) is 13.2 Å². The Labute approximate surface area is 450 Å². The van der Waals surface area contributed by atoms with Crippen LogP contribution in [0.25, 0.3) is 0 Å². The zero-order chi connectivity index (χ0) is 53.4. The third kappa shape index (κ3) is 56.6. The number of carboxylic acids is 1. The molecule has 0 aliphatic carbocycles. The summed E-state index contributed by atoms with van der Waals surface area (Å²) in [4.78, 5) is 37.3. The Kier molecular flexibility index (Phi) is 53.0. The molecule has 9 nitrogen and oxygen atoms in total. The number of rotatable bonds is 56. The highest BCUT2D eigenvalue weighted by Gasteiger charge is 2.22. The lowest BCUT2D eigenvalue weighted by Gasteiger charge is -2.26. The summed E-state index contributed by atoms with van der Waals surface area (Å²) in [6.07, 6.45) is 67.0. The first-order valence-corrected chi connectivity index (χ1v) is 30.4. The Morgan fingerprint density at radius 3 is 1.12 bits per heavy atom.